The molecule has 0 spiro atoms. The largest absolute Gasteiger partial charge is 0.345 e. The standard InChI is InChI=1S/C18H13ClN4O5S/c19-13-7-3-1-5-11(13)17-21-16(28-22-17)9-20-15(24)10-23-18(25)12-6-2-4-8-14(12)29(23,26)27/h1-8H,9-10H2,(H,20,24). The maximum Gasteiger partial charge on any atom is 0.269 e. The Labute approximate surface area is 170 Å². The molecule has 0 saturated carbocycles. The van der Waals surface area contributed by atoms with Crippen molar-refractivity contribution in [2.24, 2.45) is 0 Å². The summed E-state index contributed by atoms with van der Waals surface area (Å²) < 4.78 is 30.5. The monoisotopic (exact) mass is 432 g/mol. The second-order valence-electron chi connectivity index (χ2n) is 6.08. The van der Waals surface area contributed by atoms with Crippen LogP contribution in [0.5, 0.6) is 0 Å². The fraction of sp³-hybridized carbons (Fsp3) is 0.111. The van der Waals surface area contributed by atoms with Gasteiger partial charge < -0.3 is 9.84 Å². The van der Waals surface area contributed by atoms with Crippen LogP contribution in [0.1, 0.15) is 16.2 Å². The van der Waals surface area contributed by atoms with Gasteiger partial charge in [0.05, 0.1) is 17.1 Å². The van der Waals surface area contributed by atoms with Crippen molar-refractivity contribution in [3.63, 3.8) is 0 Å². The molecule has 0 bridgehead atoms. The van der Waals surface area contributed by atoms with Crippen molar-refractivity contribution in [2.45, 2.75) is 11.4 Å². The first-order chi connectivity index (χ1) is 13.9. The third-order valence-corrected chi connectivity index (χ3v) is 6.34. The van der Waals surface area contributed by atoms with Gasteiger partial charge in [-0.15, -0.1) is 0 Å². The molecule has 0 fully saturated rings. The molecule has 0 aliphatic carbocycles. The molecule has 9 nitrogen and oxygen atoms in total. The van der Waals surface area contributed by atoms with Crippen molar-refractivity contribution in [1.29, 1.82) is 0 Å². The summed E-state index contributed by atoms with van der Waals surface area (Å²) in [5.41, 5.74) is 0.614. The van der Waals surface area contributed by atoms with Gasteiger partial charge in [0.15, 0.2) is 0 Å². The highest BCUT2D eigenvalue weighted by atomic mass is 35.5. The van der Waals surface area contributed by atoms with Crippen LogP contribution in [0, 0.1) is 0 Å². The third kappa shape index (κ3) is 3.47. The minimum absolute atomic E-state index is 0.0431. The van der Waals surface area contributed by atoms with E-state index in [0.717, 1.165) is 0 Å². The molecule has 1 aromatic heterocycles. The zero-order valence-electron chi connectivity index (χ0n) is 14.7. The van der Waals surface area contributed by atoms with E-state index < -0.39 is 28.4 Å². The van der Waals surface area contributed by atoms with Gasteiger partial charge in [-0.25, -0.2) is 12.7 Å². The topological polar surface area (TPSA) is 122 Å². The maximum absolute atomic E-state index is 12.5. The number of rotatable bonds is 5. The Morgan fingerprint density at radius 3 is 2.52 bits per heavy atom. The van der Waals surface area contributed by atoms with Crippen molar-refractivity contribution in [3.8, 4) is 11.4 Å². The van der Waals surface area contributed by atoms with Crippen LogP contribution in [0.4, 0.5) is 0 Å². The number of hydrogen-bond donors (Lipinski definition) is 1. The molecule has 1 aliphatic heterocycles. The number of aromatic nitrogens is 2. The number of halogens is 1. The molecule has 0 radical (unpaired) electrons. The fourth-order valence-electron chi connectivity index (χ4n) is 2.83. The Balaban J connectivity index is 1.42. The lowest BCUT2D eigenvalue weighted by atomic mass is 10.2. The van der Waals surface area contributed by atoms with Crippen molar-refractivity contribution in [1.82, 2.24) is 19.8 Å². The third-order valence-electron chi connectivity index (χ3n) is 4.22. The number of nitrogens with zero attached hydrogens (tertiary/aromatic N) is 3. The van der Waals surface area contributed by atoms with E-state index in [-0.39, 0.29) is 28.7 Å². The van der Waals surface area contributed by atoms with Gasteiger partial charge in [-0.3, -0.25) is 9.59 Å². The zero-order chi connectivity index (χ0) is 20.6. The van der Waals surface area contributed by atoms with Gasteiger partial charge in [-0.1, -0.05) is 41.0 Å². The average Bonchev–Trinajstić information content (AvgIpc) is 3.25. The average molecular weight is 433 g/mol. The predicted molar refractivity (Wildman–Crippen MR) is 101 cm³/mol. The lowest BCUT2D eigenvalue weighted by Gasteiger charge is -2.14. The highest BCUT2D eigenvalue weighted by Gasteiger charge is 2.41. The molecule has 2 heterocycles. The first kappa shape index (κ1) is 19.1. The van der Waals surface area contributed by atoms with Crippen molar-refractivity contribution < 1.29 is 22.5 Å². The van der Waals surface area contributed by atoms with Gasteiger partial charge >= 0.3 is 0 Å². The summed E-state index contributed by atoms with van der Waals surface area (Å²) in [6, 6.07) is 12.7. The number of benzene rings is 2. The molecule has 0 atom stereocenters. The smallest absolute Gasteiger partial charge is 0.269 e. The lowest BCUT2D eigenvalue weighted by Crippen LogP contribution is -2.40. The van der Waals surface area contributed by atoms with E-state index in [9.17, 15) is 18.0 Å². The van der Waals surface area contributed by atoms with Crippen LogP contribution in [0.15, 0.2) is 57.9 Å². The summed E-state index contributed by atoms with van der Waals surface area (Å²) in [4.78, 5) is 28.6. The van der Waals surface area contributed by atoms with Gasteiger partial charge in [-0.05, 0) is 24.3 Å². The second kappa shape index (κ2) is 7.30. The van der Waals surface area contributed by atoms with Crippen molar-refractivity contribution >= 4 is 33.4 Å². The Kier molecular flexibility index (Phi) is 4.81. The fourth-order valence-corrected chi connectivity index (χ4v) is 4.57. The maximum atomic E-state index is 12.5. The molecule has 0 saturated heterocycles. The second-order valence-corrected chi connectivity index (χ2v) is 8.32. The van der Waals surface area contributed by atoms with E-state index >= 15 is 0 Å². The quantitative estimate of drug-likeness (QED) is 0.652. The Hall–Kier alpha value is -3.24. The molecule has 0 unspecified atom stereocenters. The molecular formula is C18H13ClN4O5S. The summed E-state index contributed by atoms with van der Waals surface area (Å²) >= 11 is 6.08. The number of hydrogen-bond acceptors (Lipinski definition) is 7. The molecule has 2 amide bonds. The minimum atomic E-state index is -4.05. The van der Waals surface area contributed by atoms with Crippen LogP contribution in [-0.4, -0.2) is 41.2 Å². The highest BCUT2D eigenvalue weighted by molar-refractivity contribution is 7.90. The van der Waals surface area contributed by atoms with Crippen LogP contribution in [0.3, 0.4) is 0 Å². The summed E-state index contributed by atoms with van der Waals surface area (Å²) in [6.07, 6.45) is 0. The van der Waals surface area contributed by atoms with Gasteiger partial charge in [0.2, 0.25) is 17.6 Å². The Morgan fingerprint density at radius 1 is 1.10 bits per heavy atom. The van der Waals surface area contributed by atoms with Gasteiger partial charge in [-0.2, -0.15) is 4.98 Å². The van der Waals surface area contributed by atoms with E-state index in [4.69, 9.17) is 16.1 Å². The molecule has 3 aromatic rings. The number of fused-ring (bicyclic) bond motifs is 1. The van der Waals surface area contributed by atoms with Gasteiger partial charge in [0.25, 0.3) is 15.9 Å². The van der Waals surface area contributed by atoms with Crippen LogP contribution >= 0.6 is 11.6 Å². The molecular weight excluding hydrogens is 420 g/mol. The van der Waals surface area contributed by atoms with E-state index in [2.05, 4.69) is 15.5 Å². The van der Waals surface area contributed by atoms with E-state index in [1.165, 1.54) is 18.2 Å². The molecule has 4 rings (SSSR count). The SMILES string of the molecule is O=C(CN1C(=O)c2ccccc2S1(=O)=O)NCc1nc(-c2ccccc2Cl)no1. The summed E-state index contributed by atoms with van der Waals surface area (Å²) in [5, 5.41) is 6.72. The summed E-state index contributed by atoms with van der Waals surface area (Å²) in [7, 11) is -4.05. The first-order valence-electron chi connectivity index (χ1n) is 8.38. The summed E-state index contributed by atoms with van der Waals surface area (Å²) in [5.74, 6) is -1.07. The Morgan fingerprint density at radius 2 is 1.79 bits per heavy atom. The molecule has 1 N–H and O–H groups in total. The normalized spacial score (nSPS) is 14.7. The number of amides is 2. The van der Waals surface area contributed by atoms with E-state index in [0.29, 0.717) is 14.9 Å². The molecule has 148 valence electrons. The number of nitrogens with one attached hydrogen (secondary N) is 1. The van der Waals surface area contributed by atoms with Crippen molar-refractivity contribution in [2.75, 3.05) is 6.54 Å². The van der Waals surface area contributed by atoms with E-state index in [1.807, 2.05) is 0 Å². The molecule has 1 aliphatic rings. The van der Waals surface area contributed by atoms with Crippen LogP contribution in [0.25, 0.3) is 11.4 Å². The molecule has 2 aromatic carbocycles. The summed E-state index contributed by atoms with van der Waals surface area (Å²) in [6.45, 7) is -0.785. The molecule has 11 heteroatoms. The first-order valence-corrected chi connectivity index (χ1v) is 10.2. The highest BCUT2D eigenvalue weighted by Crippen LogP contribution is 2.29. The number of sulfonamides is 1. The van der Waals surface area contributed by atoms with Gasteiger partial charge in [0, 0.05) is 5.56 Å². The number of carbonyl (C=O) groups excluding carboxylic acids is 2. The predicted octanol–water partition coefficient (Wildman–Crippen LogP) is 1.85. The molecule has 29 heavy (non-hydrogen) atoms. The van der Waals surface area contributed by atoms with Gasteiger partial charge in [0.1, 0.15) is 11.4 Å². The number of carbonyl (C=O) groups is 2. The van der Waals surface area contributed by atoms with Crippen LogP contribution < -0.4 is 5.32 Å². The van der Waals surface area contributed by atoms with Crippen LogP contribution in [-0.2, 0) is 21.4 Å². The minimum Gasteiger partial charge on any atom is -0.345 e. The Bertz CT molecular complexity index is 1220. The lowest BCUT2D eigenvalue weighted by molar-refractivity contribution is -0.121. The van der Waals surface area contributed by atoms with E-state index in [1.54, 1.807) is 30.3 Å². The van der Waals surface area contributed by atoms with Crippen LogP contribution in [0.2, 0.25) is 5.02 Å². The van der Waals surface area contributed by atoms with Crippen molar-refractivity contribution in [3.05, 3.63) is 65.0 Å². The zero-order valence-corrected chi connectivity index (χ0v) is 16.3.